The van der Waals surface area contributed by atoms with Gasteiger partial charge in [-0.2, -0.15) is 0 Å². The second-order valence-electron chi connectivity index (χ2n) is 5.22. The first-order valence-corrected chi connectivity index (χ1v) is 7.93. The number of urea groups is 1. The number of hydrogen-bond donors (Lipinski definition) is 1. The third kappa shape index (κ3) is 3.09. The standard InChI is InChI=1S/C17H17BrN2O2/c1-22-16-7-6-14(10-15(16)18)19-17(21)20-9-8-12-4-2-3-5-13(12)11-20/h2-7,10H,8-9,11H2,1H3,(H,19,21). The molecule has 114 valence electrons. The molecule has 4 nitrogen and oxygen atoms in total. The number of carbonyl (C=O) groups excluding carboxylic acids is 1. The maximum absolute atomic E-state index is 12.4. The van der Waals surface area contributed by atoms with E-state index < -0.39 is 0 Å². The Hall–Kier alpha value is -2.01. The van der Waals surface area contributed by atoms with Crippen LogP contribution in [0.1, 0.15) is 11.1 Å². The number of amides is 2. The highest BCUT2D eigenvalue weighted by atomic mass is 79.9. The van der Waals surface area contributed by atoms with E-state index in [9.17, 15) is 4.79 Å². The van der Waals surface area contributed by atoms with Gasteiger partial charge in [0.1, 0.15) is 5.75 Å². The first kappa shape index (κ1) is 14.9. The maximum Gasteiger partial charge on any atom is 0.322 e. The van der Waals surface area contributed by atoms with Gasteiger partial charge in [-0.3, -0.25) is 0 Å². The summed E-state index contributed by atoms with van der Waals surface area (Å²) in [4.78, 5) is 14.2. The molecular formula is C17H17BrN2O2. The molecule has 0 bridgehead atoms. The van der Waals surface area contributed by atoms with Crippen LogP contribution >= 0.6 is 15.9 Å². The van der Waals surface area contributed by atoms with Gasteiger partial charge < -0.3 is 15.0 Å². The fourth-order valence-corrected chi connectivity index (χ4v) is 3.16. The average molecular weight is 361 g/mol. The molecule has 0 spiro atoms. The molecule has 22 heavy (non-hydrogen) atoms. The fraction of sp³-hybridized carbons (Fsp3) is 0.235. The van der Waals surface area contributed by atoms with Crippen LogP contribution in [0.2, 0.25) is 0 Å². The normalized spacial score (nSPS) is 13.5. The lowest BCUT2D eigenvalue weighted by molar-refractivity contribution is 0.206. The van der Waals surface area contributed by atoms with Crippen LogP contribution in [0, 0.1) is 0 Å². The first-order chi connectivity index (χ1) is 10.7. The quantitative estimate of drug-likeness (QED) is 0.877. The van der Waals surface area contributed by atoms with E-state index in [-0.39, 0.29) is 6.03 Å². The molecule has 5 heteroatoms. The van der Waals surface area contributed by atoms with Crippen LogP contribution in [0.25, 0.3) is 0 Å². The van der Waals surface area contributed by atoms with Crippen LogP contribution < -0.4 is 10.1 Å². The second-order valence-corrected chi connectivity index (χ2v) is 6.07. The van der Waals surface area contributed by atoms with Crippen molar-refractivity contribution >= 4 is 27.6 Å². The van der Waals surface area contributed by atoms with E-state index in [4.69, 9.17) is 4.74 Å². The van der Waals surface area contributed by atoms with Crippen molar-refractivity contribution in [2.24, 2.45) is 0 Å². The number of hydrogen-bond acceptors (Lipinski definition) is 2. The molecule has 0 saturated carbocycles. The SMILES string of the molecule is COc1ccc(NC(=O)N2CCc3ccccc3C2)cc1Br. The van der Waals surface area contributed by atoms with Gasteiger partial charge in [-0.05, 0) is 51.7 Å². The molecule has 2 aromatic carbocycles. The third-order valence-electron chi connectivity index (χ3n) is 3.82. The highest BCUT2D eigenvalue weighted by molar-refractivity contribution is 9.10. The molecule has 2 amide bonds. The molecule has 0 saturated heterocycles. The number of fused-ring (bicyclic) bond motifs is 1. The Balaban J connectivity index is 1.69. The number of nitrogens with one attached hydrogen (secondary N) is 1. The number of nitrogens with zero attached hydrogens (tertiary/aromatic N) is 1. The molecule has 0 aromatic heterocycles. The molecule has 1 aliphatic heterocycles. The lowest BCUT2D eigenvalue weighted by Gasteiger charge is -2.29. The van der Waals surface area contributed by atoms with Crippen LogP contribution in [0.4, 0.5) is 10.5 Å². The summed E-state index contributed by atoms with van der Waals surface area (Å²) in [6.07, 6.45) is 0.899. The third-order valence-corrected chi connectivity index (χ3v) is 4.44. The molecule has 0 fully saturated rings. The first-order valence-electron chi connectivity index (χ1n) is 7.13. The van der Waals surface area contributed by atoms with E-state index >= 15 is 0 Å². The van der Waals surface area contributed by atoms with Crippen molar-refractivity contribution in [1.82, 2.24) is 4.90 Å². The van der Waals surface area contributed by atoms with Gasteiger partial charge in [0, 0.05) is 18.8 Å². The number of halogens is 1. The van der Waals surface area contributed by atoms with Gasteiger partial charge in [0.05, 0.1) is 11.6 Å². The van der Waals surface area contributed by atoms with Crippen molar-refractivity contribution in [3.63, 3.8) is 0 Å². The van der Waals surface area contributed by atoms with Crippen LogP contribution in [0.3, 0.4) is 0 Å². The molecule has 1 aliphatic rings. The van der Waals surface area contributed by atoms with Crippen LogP contribution in [0.5, 0.6) is 5.75 Å². The molecule has 1 N–H and O–H groups in total. The van der Waals surface area contributed by atoms with Gasteiger partial charge in [-0.15, -0.1) is 0 Å². The largest absolute Gasteiger partial charge is 0.496 e. The maximum atomic E-state index is 12.4. The van der Waals surface area contributed by atoms with Gasteiger partial charge in [-0.25, -0.2) is 4.79 Å². The van der Waals surface area contributed by atoms with E-state index in [1.54, 1.807) is 7.11 Å². The fourth-order valence-electron chi connectivity index (χ4n) is 2.62. The van der Waals surface area contributed by atoms with E-state index in [0.717, 1.165) is 28.9 Å². The zero-order valence-corrected chi connectivity index (χ0v) is 13.9. The summed E-state index contributed by atoms with van der Waals surface area (Å²) in [5.41, 5.74) is 3.30. The number of benzene rings is 2. The van der Waals surface area contributed by atoms with E-state index in [1.165, 1.54) is 11.1 Å². The summed E-state index contributed by atoms with van der Waals surface area (Å²) in [5.74, 6) is 0.741. The van der Waals surface area contributed by atoms with Gasteiger partial charge in [-0.1, -0.05) is 24.3 Å². The highest BCUT2D eigenvalue weighted by Gasteiger charge is 2.20. The Bertz CT molecular complexity index is 703. The Morgan fingerprint density at radius 2 is 2.00 bits per heavy atom. The van der Waals surface area contributed by atoms with Crippen molar-refractivity contribution in [3.05, 3.63) is 58.1 Å². The summed E-state index contributed by atoms with van der Waals surface area (Å²) < 4.78 is 6.01. The minimum Gasteiger partial charge on any atom is -0.496 e. The lowest BCUT2D eigenvalue weighted by Crippen LogP contribution is -2.38. The Labute approximate surface area is 138 Å². The molecule has 3 rings (SSSR count). The molecule has 0 unspecified atom stereocenters. The van der Waals surface area contributed by atoms with Gasteiger partial charge in [0.15, 0.2) is 0 Å². The van der Waals surface area contributed by atoms with Crippen molar-refractivity contribution < 1.29 is 9.53 Å². The molecule has 1 heterocycles. The number of methoxy groups -OCH3 is 1. The molecule has 0 aliphatic carbocycles. The number of anilines is 1. The van der Waals surface area contributed by atoms with E-state index in [2.05, 4.69) is 33.4 Å². The van der Waals surface area contributed by atoms with Crippen molar-refractivity contribution in [2.75, 3.05) is 19.0 Å². The smallest absolute Gasteiger partial charge is 0.322 e. The Morgan fingerprint density at radius 1 is 1.23 bits per heavy atom. The van der Waals surface area contributed by atoms with Gasteiger partial charge in [0.25, 0.3) is 0 Å². The monoisotopic (exact) mass is 360 g/mol. The van der Waals surface area contributed by atoms with Gasteiger partial charge in [0.2, 0.25) is 0 Å². The summed E-state index contributed by atoms with van der Waals surface area (Å²) >= 11 is 3.42. The van der Waals surface area contributed by atoms with Crippen molar-refractivity contribution in [3.8, 4) is 5.75 Å². The zero-order chi connectivity index (χ0) is 15.5. The van der Waals surface area contributed by atoms with Crippen molar-refractivity contribution in [2.45, 2.75) is 13.0 Å². The Kier molecular flexibility index (Phi) is 4.34. The topological polar surface area (TPSA) is 41.6 Å². The van der Waals surface area contributed by atoms with E-state index in [1.807, 2.05) is 35.2 Å². The average Bonchev–Trinajstić information content (AvgIpc) is 2.54. The summed E-state index contributed by atoms with van der Waals surface area (Å²) in [5, 5.41) is 2.94. The molecule has 0 atom stereocenters. The molecule has 0 radical (unpaired) electrons. The van der Waals surface area contributed by atoms with Crippen LogP contribution in [-0.2, 0) is 13.0 Å². The van der Waals surface area contributed by atoms with Gasteiger partial charge >= 0.3 is 6.03 Å². The summed E-state index contributed by atoms with van der Waals surface area (Å²) in [7, 11) is 1.61. The van der Waals surface area contributed by atoms with Crippen molar-refractivity contribution in [1.29, 1.82) is 0 Å². The zero-order valence-electron chi connectivity index (χ0n) is 12.3. The minimum absolute atomic E-state index is 0.0773. The highest BCUT2D eigenvalue weighted by Crippen LogP contribution is 2.28. The molecule has 2 aromatic rings. The van der Waals surface area contributed by atoms with Crippen LogP contribution in [-0.4, -0.2) is 24.6 Å². The van der Waals surface area contributed by atoms with Crippen LogP contribution in [0.15, 0.2) is 46.9 Å². The Morgan fingerprint density at radius 3 is 2.73 bits per heavy atom. The predicted octanol–water partition coefficient (Wildman–Crippen LogP) is 4.05. The second kappa shape index (κ2) is 6.40. The van der Waals surface area contributed by atoms with E-state index in [0.29, 0.717) is 6.54 Å². The molecular weight excluding hydrogens is 344 g/mol. The minimum atomic E-state index is -0.0773. The summed E-state index contributed by atoms with van der Waals surface area (Å²) in [6, 6.07) is 13.7. The summed E-state index contributed by atoms with van der Waals surface area (Å²) in [6.45, 7) is 1.39. The lowest BCUT2D eigenvalue weighted by atomic mass is 10.0. The predicted molar refractivity (Wildman–Crippen MR) is 90.3 cm³/mol. The number of carbonyl (C=O) groups is 1. The number of rotatable bonds is 2. The number of ether oxygens (including phenoxy) is 1.